The molecule has 3 nitrogen and oxygen atoms in total. The van der Waals surface area contributed by atoms with Gasteiger partial charge in [-0.1, -0.05) is 32.9 Å². The molecule has 1 saturated heterocycles. The summed E-state index contributed by atoms with van der Waals surface area (Å²) >= 11 is 0. The number of benzene rings is 1. The SMILES string of the molecule is CCc1ccc(N(C(C)=O)C2CCN(CC(C)C)CC2)cc1. The van der Waals surface area contributed by atoms with Crippen molar-refractivity contribution in [3.63, 3.8) is 0 Å². The van der Waals surface area contributed by atoms with Crippen molar-refractivity contribution in [2.24, 2.45) is 5.92 Å². The van der Waals surface area contributed by atoms with Gasteiger partial charge in [-0.3, -0.25) is 4.79 Å². The molecule has 2 rings (SSSR count). The van der Waals surface area contributed by atoms with E-state index in [9.17, 15) is 4.79 Å². The average molecular weight is 302 g/mol. The molecule has 3 heteroatoms. The molecule has 122 valence electrons. The van der Waals surface area contributed by atoms with E-state index in [1.54, 1.807) is 6.92 Å². The Morgan fingerprint density at radius 3 is 2.27 bits per heavy atom. The number of nitrogens with zero attached hydrogens (tertiary/aromatic N) is 2. The molecule has 1 fully saturated rings. The second-order valence-corrected chi connectivity index (χ2v) is 6.83. The van der Waals surface area contributed by atoms with E-state index in [1.165, 1.54) is 5.56 Å². The van der Waals surface area contributed by atoms with Crippen LogP contribution in [0.1, 0.15) is 46.1 Å². The summed E-state index contributed by atoms with van der Waals surface area (Å²) in [5.74, 6) is 0.869. The Morgan fingerprint density at radius 1 is 1.23 bits per heavy atom. The van der Waals surface area contributed by atoms with Crippen LogP contribution in [-0.2, 0) is 11.2 Å². The van der Waals surface area contributed by atoms with E-state index in [4.69, 9.17) is 0 Å². The van der Waals surface area contributed by atoms with Crippen LogP contribution in [0, 0.1) is 5.92 Å². The van der Waals surface area contributed by atoms with Crippen molar-refractivity contribution in [2.75, 3.05) is 24.5 Å². The van der Waals surface area contributed by atoms with Crippen molar-refractivity contribution in [1.82, 2.24) is 4.90 Å². The van der Waals surface area contributed by atoms with E-state index < -0.39 is 0 Å². The molecule has 1 aromatic rings. The number of anilines is 1. The fourth-order valence-electron chi connectivity index (χ4n) is 3.42. The minimum atomic E-state index is 0.159. The lowest BCUT2D eigenvalue weighted by Crippen LogP contribution is -2.47. The molecule has 0 bridgehead atoms. The third-order valence-electron chi connectivity index (χ3n) is 4.51. The summed E-state index contributed by atoms with van der Waals surface area (Å²) in [5.41, 5.74) is 2.37. The Labute approximate surface area is 135 Å². The molecule has 1 aliphatic rings. The van der Waals surface area contributed by atoms with E-state index in [0.29, 0.717) is 12.0 Å². The Bertz CT molecular complexity index is 473. The molecule has 22 heavy (non-hydrogen) atoms. The molecule has 1 heterocycles. The standard InChI is InChI=1S/C19H30N2O/c1-5-17-6-8-18(9-7-17)21(16(4)22)19-10-12-20(13-11-19)14-15(2)3/h6-9,15,19H,5,10-14H2,1-4H3. The molecule has 1 aliphatic heterocycles. The van der Waals surface area contributed by atoms with Crippen molar-refractivity contribution in [1.29, 1.82) is 0 Å². The van der Waals surface area contributed by atoms with Crippen molar-refractivity contribution in [3.05, 3.63) is 29.8 Å². The Morgan fingerprint density at radius 2 is 1.82 bits per heavy atom. The highest BCUT2D eigenvalue weighted by Crippen LogP contribution is 2.25. The topological polar surface area (TPSA) is 23.6 Å². The van der Waals surface area contributed by atoms with Gasteiger partial charge in [-0.25, -0.2) is 0 Å². The first kappa shape index (κ1) is 17.0. The fourth-order valence-corrected chi connectivity index (χ4v) is 3.42. The zero-order valence-electron chi connectivity index (χ0n) is 14.5. The lowest BCUT2D eigenvalue weighted by Gasteiger charge is -2.38. The number of rotatable bonds is 5. The summed E-state index contributed by atoms with van der Waals surface area (Å²) in [4.78, 5) is 16.7. The van der Waals surface area contributed by atoms with Gasteiger partial charge in [0.1, 0.15) is 0 Å². The third kappa shape index (κ3) is 4.33. The highest BCUT2D eigenvalue weighted by molar-refractivity contribution is 5.92. The molecule has 1 amide bonds. The Kier molecular flexibility index (Phi) is 6.01. The fraction of sp³-hybridized carbons (Fsp3) is 0.632. The summed E-state index contributed by atoms with van der Waals surface area (Å²) in [6.45, 7) is 11.7. The quantitative estimate of drug-likeness (QED) is 0.827. The van der Waals surface area contributed by atoms with Gasteiger partial charge in [-0.2, -0.15) is 0 Å². The summed E-state index contributed by atoms with van der Waals surface area (Å²) in [5, 5.41) is 0. The predicted octanol–water partition coefficient (Wildman–Crippen LogP) is 3.72. The highest BCUT2D eigenvalue weighted by Gasteiger charge is 2.27. The maximum absolute atomic E-state index is 12.2. The monoisotopic (exact) mass is 302 g/mol. The van der Waals surface area contributed by atoms with Crippen LogP contribution in [0.3, 0.4) is 0 Å². The summed E-state index contributed by atoms with van der Waals surface area (Å²) < 4.78 is 0. The molecule has 0 unspecified atom stereocenters. The van der Waals surface area contributed by atoms with Gasteiger partial charge in [0.2, 0.25) is 5.91 Å². The average Bonchev–Trinajstić information content (AvgIpc) is 2.49. The number of piperidine rings is 1. The van der Waals surface area contributed by atoms with Gasteiger partial charge in [0.05, 0.1) is 0 Å². The first-order chi connectivity index (χ1) is 10.5. The summed E-state index contributed by atoms with van der Waals surface area (Å²) in [6.07, 6.45) is 3.18. The van der Waals surface area contributed by atoms with Crippen LogP contribution >= 0.6 is 0 Å². The number of likely N-dealkylation sites (tertiary alicyclic amines) is 1. The molecular formula is C19H30N2O. The second kappa shape index (κ2) is 7.77. The van der Waals surface area contributed by atoms with Crippen molar-refractivity contribution in [3.8, 4) is 0 Å². The molecule has 0 aromatic heterocycles. The first-order valence-corrected chi connectivity index (χ1v) is 8.62. The Hall–Kier alpha value is -1.35. The van der Waals surface area contributed by atoms with Crippen LogP contribution < -0.4 is 4.90 Å². The number of hydrogen-bond acceptors (Lipinski definition) is 2. The van der Waals surface area contributed by atoms with Gasteiger partial charge in [0.25, 0.3) is 0 Å². The maximum atomic E-state index is 12.2. The number of amides is 1. The van der Waals surface area contributed by atoms with Crippen LogP contribution in [0.25, 0.3) is 0 Å². The van der Waals surface area contributed by atoms with Gasteiger partial charge < -0.3 is 9.80 Å². The van der Waals surface area contributed by atoms with E-state index in [-0.39, 0.29) is 5.91 Å². The van der Waals surface area contributed by atoms with Crippen LogP contribution in [0.5, 0.6) is 0 Å². The first-order valence-electron chi connectivity index (χ1n) is 8.62. The van der Waals surface area contributed by atoms with Gasteiger partial charge in [0, 0.05) is 38.3 Å². The maximum Gasteiger partial charge on any atom is 0.224 e. The number of aryl methyl sites for hydroxylation is 1. The molecule has 0 radical (unpaired) electrons. The van der Waals surface area contributed by atoms with Gasteiger partial charge >= 0.3 is 0 Å². The lowest BCUT2D eigenvalue weighted by molar-refractivity contribution is -0.117. The summed E-state index contributed by atoms with van der Waals surface area (Å²) in [7, 11) is 0. The smallest absolute Gasteiger partial charge is 0.224 e. The normalized spacial score (nSPS) is 17.0. The summed E-state index contributed by atoms with van der Waals surface area (Å²) in [6, 6.07) is 8.81. The minimum Gasteiger partial charge on any atom is -0.310 e. The molecule has 0 saturated carbocycles. The van der Waals surface area contributed by atoms with Crippen LogP contribution in [0.4, 0.5) is 5.69 Å². The Balaban J connectivity index is 2.04. The second-order valence-electron chi connectivity index (χ2n) is 6.83. The lowest BCUT2D eigenvalue weighted by atomic mass is 10.0. The van der Waals surface area contributed by atoms with Gasteiger partial charge in [-0.15, -0.1) is 0 Å². The molecule has 0 atom stereocenters. The van der Waals surface area contributed by atoms with E-state index in [2.05, 4.69) is 49.9 Å². The van der Waals surface area contributed by atoms with Crippen LogP contribution in [0.2, 0.25) is 0 Å². The van der Waals surface area contributed by atoms with Crippen molar-refractivity contribution < 1.29 is 4.79 Å². The molecule has 1 aromatic carbocycles. The third-order valence-corrected chi connectivity index (χ3v) is 4.51. The predicted molar refractivity (Wildman–Crippen MR) is 93.3 cm³/mol. The molecule has 0 aliphatic carbocycles. The highest BCUT2D eigenvalue weighted by atomic mass is 16.2. The molecule has 0 N–H and O–H groups in total. The molecular weight excluding hydrogens is 272 g/mol. The van der Waals surface area contributed by atoms with E-state index in [0.717, 1.165) is 44.6 Å². The van der Waals surface area contributed by atoms with Gasteiger partial charge in [0.15, 0.2) is 0 Å². The molecule has 0 spiro atoms. The van der Waals surface area contributed by atoms with Crippen LogP contribution in [-0.4, -0.2) is 36.5 Å². The van der Waals surface area contributed by atoms with Crippen molar-refractivity contribution >= 4 is 11.6 Å². The largest absolute Gasteiger partial charge is 0.310 e. The number of hydrogen-bond donors (Lipinski definition) is 0. The van der Waals surface area contributed by atoms with Crippen molar-refractivity contribution in [2.45, 2.75) is 53.0 Å². The number of carbonyl (C=O) groups is 1. The van der Waals surface area contributed by atoms with E-state index >= 15 is 0 Å². The zero-order valence-corrected chi connectivity index (χ0v) is 14.5. The van der Waals surface area contributed by atoms with E-state index in [1.807, 2.05) is 4.90 Å². The zero-order chi connectivity index (χ0) is 16.1. The van der Waals surface area contributed by atoms with Crippen LogP contribution in [0.15, 0.2) is 24.3 Å². The minimum absolute atomic E-state index is 0.159. The van der Waals surface area contributed by atoms with Gasteiger partial charge in [-0.05, 0) is 42.9 Å². The number of carbonyl (C=O) groups excluding carboxylic acids is 1.